The van der Waals surface area contributed by atoms with E-state index in [1.807, 2.05) is 13.1 Å². The molecule has 1 rings (SSSR count). The molecule has 0 spiro atoms. The molecule has 0 aromatic carbocycles. The zero-order valence-electron chi connectivity index (χ0n) is 13.9. The first-order valence-corrected chi connectivity index (χ1v) is 8.65. The highest BCUT2D eigenvalue weighted by Gasteiger charge is 2.01. The van der Waals surface area contributed by atoms with Gasteiger partial charge in [0.1, 0.15) is 5.01 Å². The lowest BCUT2D eigenvalue weighted by Gasteiger charge is -2.10. The maximum Gasteiger partial charge on any atom is 0.191 e. The molecule has 0 saturated heterocycles. The largest absolute Gasteiger partial charge is 0.382 e. The van der Waals surface area contributed by atoms with Gasteiger partial charge in [-0.05, 0) is 33.1 Å². The molecule has 128 valence electrons. The van der Waals surface area contributed by atoms with Gasteiger partial charge in [-0.2, -0.15) is 0 Å². The van der Waals surface area contributed by atoms with Crippen molar-refractivity contribution in [2.75, 3.05) is 26.3 Å². The van der Waals surface area contributed by atoms with Crippen LogP contribution in [0.3, 0.4) is 0 Å². The normalized spacial score (nSPS) is 11.1. The number of aliphatic imine (C=N–C) groups is 1. The predicted molar refractivity (Wildman–Crippen MR) is 105 cm³/mol. The summed E-state index contributed by atoms with van der Waals surface area (Å²) in [5, 5.41) is 7.68. The number of rotatable bonds is 10. The Labute approximate surface area is 155 Å². The van der Waals surface area contributed by atoms with Crippen molar-refractivity contribution in [1.29, 1.82) is 0 Å². The fraction of sp³-hybridized carbons (Fsp3) is 0.733. The molecule has 0 saturated carbocycles. The van der Waals surface area contributed by atoms with Crippen LogP contribution in [-0.4, -0.2) is 37.2 Å². The Kier molecular flexibility index (Phi) is 13.9. The second-order valence-corrected chi connectivity index (χ2v) is 5.80. The van der Waals surface area contributed by atoms with Crippen molar-refractivity contribution in [3.8, 4) is 0 Å². The molecule has 0 aliphatic carbocycles. The molecule has 22 heavy (non-hydrogen) atoms. The Balaban J connectivity index is 0.00000441. The minimum atomic E-state index is 0. The summed E-state index contributed by atoms with van der Waals surface area (Å²) in [6.45, 7) is 10.3. The monoisotopic (exact) mass is 440 g/mol. The highest BCUT2D eigenvalue weighted by molar-refractivity contribution is 14.0. The quantitative estimate of drug-likeness (QED) is 0.254. The predicted octanol–water partition coefficient (Wildman–Crippen LogP) is 3.20. The molecule has 0 amide bonds. The van der Waals surface area contributed by atoms with Crippen molar-refractivity contribution < 1.29 is 4.74 Å². The summed E-state index contributed by atoms with van der Waals surface area (Å²) in [5.41, 5.74) is 0. The van der Waals surface area contributed by atoms with Crippen molar-refractivity contribution in [1.82, 2.24) is 15.6 Å². The third-order valence-corrected chi connectivity index (χ3v) is 4.00. The van der Waals surface area contributed by atoms with Gasteiger partial charge in [0.05, 0.1) is 6.54 Å². The van der Waals surface area contributed by atoms with Gasteiger partial charge in [-0.25, -0.2) is 9.98 Å². The summed E-state index contributed by atoms with van der Waals surface area (Å²) in [6.07, 6.45) is 5.15. The molecule has 1 heterocycles. The highest BCUT2D eigenvalue weighted by atomic mass is 127. The van der Waals surface area contributed by atoms with Crippen LogP contribution in [-0.2, 0) is 17.7 Å². The van der Waals surface area contributed by atoms with Gasteiger partial charge in [0.25, 0.3) is 0 Å². The van der Waals surface area contributed by atoms with Crippen LogP contribution in [0.25, 0.3) is 0 Å². The zero-order valence-corrected chi connectivity index (χ0v) is 17.0. The summed E-state index contributed by atoms with van der Waals surface area (Å²) >= 11 is 1.74. The number of nitrogens with one attached hydrogen (secondary N) is 2. The minimum Gasteiger partial charge on any atom is -0.382 e. The van der Waals surface area contributed by atoms with Crippen LogP contribution in [0.2, 0.25) is 0 Å². The van der Waals surface area contributed by atoms with E-state index >= 15 is 0 Å². The van der Waals surface area contributed by atoms with E-state index in [0.717, 1.165) is 56.5 Å². The SMILES string of the molecule is CCNC(=NCc1ncc(CC)s1)NCCCCOCC.I. The number of aryl methyl sites for hydroxylation is 1. The smallest absolute Gasteiger partial charge is 0.191 e. The van der Waals surface area contributed by atoms with E-state index in [1.165, 1.54) is 4.88 Å². The van der Waals surface area contributed by atoms with Crippen molar-refractivity contribution in [2.24, 2.45) is 4.99 Å². The third kappa shape index (κ3) is 9.58. The minimum absolute atomic E-state index is 0. The van der Waals surface area contributed by atoms with Gasteiger partial charge in [0.15, 0.2) is 5.96 Å². The van der Waals surface area contributed by atoms with Crippen molar-refractivity contribution in [3.63, 3.8) is 0 Å². The second kappa shape index (κ2) is 14.2. The van der Waals surface area contributed by atoms with E-state index in [9.17, 15) is 0 Å². The van der Waals surface area contributed by atoms with Crippen LogP contribution >= 0.6 is 35.3 Å². The van der Waals surface area contributed by atoms with Crippen LogP contribution in [0, 0.1) is 0 Å². The number of halogens is 1. The lowest BCUT2D eigenvalue weighted by atomic mass is 10.3. The van der Waals surface area contributed by atoms with E-state index in [-0.39, 0.29) is 24.0 Å². The molecule has 0 fully saturated rings. The molecule has 5 nitrogen and oxygen atoms in total. The average Bonchev–Trinajstić information content (AvgIpc) is 2.96. The van der Waals surface area contributed by atoms with E-state index in [4.69, 9.17) is 4.74 Å². The topological polar surface area (TPSA) is 58.5 Å². The van der Waals surface area contributed by atoms with Crippen LogP contribution in [0.1, 0.15) is 43.5 Å². The van der Waals surface area contributed by atoms with Crippen molar-refractivity contribution in [2.45, 2.75) is 46.6 Å². The van der Waals surface area contributed by atoms with E-state index < -0.39 is 0 Å². The molecule has 0 atom stereocenters. The zero-order chi connectivity index (χ0) is 15.3. The number of aromatic nitrogens is 1. The molecular weight excluding hydrogens is 411 g/mol. The maximum atomic E-state index is 5.33. The first-order valence-electron chi connectivity index (χ1n) is 7.83. The van der Waals surface area contributed by atoms with Gasteiger partial charge in [-0.15, -0.1) is 35.3 Å². The Morgan fingerprint density at radius 2 is 2.09 bits per heavy atom. The molecule has 1 aromatic rings. The van der Waals surface area contributed by atoms with E-state index in [1.54, 1.807) is 11.3 Å². The van der Waals surface area contributed by atoms with Gasteiger partial charge >= 0.3 is 0 Å². The Morgan fingerprint density at radius 1 is 1.27 bits per heavy atom. The molecule has 0 aliphatic heterocycles. The number of nitrogens with zero attached hydrogens (tertiary/aromatic N) is 2. The first kappa shape index (κ1) is 21.6. The molecule has 0 aliphatic rings. The summed E-state index contributed by atoms with van der Waals surface area (Å²) in [4.78, 5) is 10.3. The molecular formula is C15H29IN4OS. The van der Waals surface area contributed by atoms with Gasteiger partial charge < -0.3 is 15.4 Å². The van der Waals surface area contributed by atoms with Gasteiger partial charge in [-0.3, -0.25) is 0 Å². The summed E-state index contributed by atoms with van der Waals surface area (Å²) in [5.74, 6) is 0.863. The summed E-state index contributed by atoms with van der Waals surface area (Å²) < 4.78 is 5.33. The highest BCUT2D eigenvalue weighted by Crippen LogP contribution is 2.13. The summed E-state index contributed by atoms with van der Waals surface area (Å²) in [6, 6.07) is 0. The lowest BCUT2D eigenvalue weighted by Crippen LogP contribution is -2.37. The lowest BCUT2D eigenvalue weighted by molar-refractivity contribution is 0.143. The first-order chi connectivity index (χ1) is 10.3. The van der Waals surface area contributed by atoms with E-state index in [2.05, 4.69) is 34.5 Å². The number of guanidine groups is 1. The van der Waals surface area contributed by atoms with Gasteiger partial charge in [0.2, 0.25) is 0 Å². The fourth-order valence-corrected chi connectivity index (χ4v) is 2.54. The number of ether oxygens (including phenoxy) is 1. The summed E-state index contributed by atoms with van der Waals surface area (Å²) in [7, 11) is 0. The molecule has 1 aromatic heterocycles. The molecule has 7 heteroatoms. The van der Waals surface area contributed by atoms with Crippen LogP contribution in [0.5, 0.6) is 0 Å². The molecule has 0 unspecified atom stereocenters. The standard InChI is InChI=1S/C15H28N4OS.HI/c1-4-13-11-18-14(21-13)12-19-15(16-5-2)17-9-7-8-10-20-6-3;/h11H,4-10,12H2,1-3H3,(H2,16,17,19);1H. The average molecular weight is 440 g/mol. The van der Waals surface area contributed by atoms with Crippen LogP contribution in [0.4, 0.5) is 0 Å². The number of hydrogen-bond donors (Lipinski definition) is 2. The van der Waals surface area contributed by atoms with Crippen molar-refractivity contribution in [3.05, 3.63) is 16.1 Å². The molecule has 0 radical (unpaired) electrons. The Bertz CT molecular complexity index is 412. The van der Waals surface area contributed by atoms with Crippen molar-refractivity contribution >= 4 is 41.3 Å². The molecule has 0 bridgehead atoms. The third-order valence-electron chi connectivity index (χ3n) is 2.88. The number of unbranched alkanes of at least 4 members (excludes halogenated alkanes) is 1. The van der Waals surface area contributed by atoms with Crippen LogP contribution < -0.4 is 10.6 Å². The van der Waals surface area contributed by atoms with Crippen LogP contribution in [0.15, 0.2) is 11.2 Å². The number of hydrogen-bond acceptors (Lipinski definition) is 4. The fourth-order valence-electron chi connectivity index (χ4n) is 1.75. The Hall–Kier alpha value is -0.410. The second-order valence-electron chi connectivity index (χ2n) is 4.60. The molecule has 2 N–H and O–H groups in total. The number of thiazole rings is 1. The van der Waals surface area contributed by atoms with Gasteiger partial charge in [0, 0.05) is 37.4 Å². The van der Waals surface area contributed by atoms with E-state index in [0.29, 0.717) is 6.54 Å². The Morgan fingerprint density at radius 3 is 2.73 bits per heavy atom. The maximum absolute atomic E-state index is 5.33. The van der Waals surface area contributed by atoms with Gasteiger partial charge in [-0.1, -0.05) is 6.92 Å².